The SMILES string of the molecule is CC(C)CCNC(=O)COc1c(Br)cccc1CCN. The standard InChI is InChI=1S/C15H23BrN2O2/c1-11(2)7-9-18-14(19)10-20-15-12(6-8-17)4-3-5-13(15)16/h3-5,11H,6-10,17H2,1-2H3,(H,18,19). The maximum absolute atomic E-state index is 11.7. The third kappa shape index (κ3) is 5.92. The first-order valence-corrected chi connectivity index (χ1v) is 7.70. The highest BCUT2D eigenvalue weighted by molar-refractivity contribution is 9.10. The van der Waals surface area contributed by atoms with E-state index >= 15 is 0 Å². The maximum atomic E-state index is 11.7. The van der Waals surface area contributed by atoms with Crippen LogP contribution in [0.4, 0.5) is 0 Å². The van der Waals surface area contributed by atoms with Crippen molar-refractivity contribution in [1.29, 1.82) is 0 Å². The molecule has 0 aliphatic heterocycles. The lowest BCUT2D eigenvalue weighted by Gasteiger charge is -2.13. The van der Waals surface area contributed by atoms with Crippen LogP contribution in [0, 0.1) is 5.92 Å². The highest BCUT2D eigenvalue weighted by Gasteiger charge is 2.10. The van der Waals surface area contributed by atoms with Gasteiger partial charge in [0, 0.05) is 6.54 Å². The molecule has 0 aromatic heterocycles. The number of carbonyl (C=O) groups excluding carboxylic acids is 1. The first kappa shape index (κ1) is 17.0. The zero-order chi connectivity index (χ0) is 15.0. The predicted octanol–water partition coefficient (Wildman–Crippen LogP) is 2.49. The van der Waals surface area contributed by atoms with Gasteiger partial charge in [-0.25, -0.2) is 0 Å². The van der Waals surface area contributed by atoms with Crippen LogP contribution in [0.25, 0.3) is 0 Å². The van der Waals surface area contributed by atoms with E-state index in [2.05, 4.69) is 35.1 Å². The van der Waals surface area contributed by atoms with Gasteiger partial charge in [0.15, 0.2) is 6.61 Å². The highest BCUT2D eigenvalue weighted by atomic mass is 79.9. The minimum atomic E-state index is -0.0971. The minimum Gasteiger partial charge on any atom is -0.482 e. The molecule has 0 unspecified atom stereocenters. The van der Waals surface area contributed by atoms with E-state index in [1.807, 2.05) is 18.2 Å². The summed E-state index contributed by atoms with van der Waals surface area (Å²) in [6.45, 7) is 5.52. The molecule has 0 radical (unpaired) electrons. The van der Waals surface area contributed by atoms with Gasteiger partial charge >= 0.3 is 0 Å². The Labute approximate surface area is 129 Å². The van der Waals surface area contributed by atoms with E-state index in [1.54, 1.807) is 0 Å². The number of hydrogen-bond acceptors (Lipinski definition) is 3. The molecule has 0 spiro atoms. The Morgan fingerprint density at radius 1 is 1.45 bits per heavy atom. The van der Waals surface area contributed by atoms with E-state index in [4.69, 9.17) is 10.5 Å². The first-order valence-electron chi connectivity index (χ1n) is 6.91. The minimum absolute atomic E-state index is 0.0261. The summed E-state index contributed by atoms with van der Waals surface area (Å²) in [6.07, 6.45) is 1.70. The van der Waals surface area contributed by atoms with Gasteiger partial charge in [-0.15, -0.1) is 0 Å². The molecule has 1 amide bonds. The highest BCUT2D eigenvalue weighted by Crippen LogP contribution is 2.29. The number of nitrogens with one attached hydrogen (secondary N) is 1. The second-order valence-corrected chi connectivity index (χ2v) is 5.94. The van der Waals surface area contributed by atoms with Gasteiger partial charge in [0.05, 0.1) is 4.47 Å². The molecule has 5 heteroatoms. The molecule has 20 heavy (non-hydrogen) atoms. The van der Waals surface area contributed by atoms with Crippen molar-refractivity contribution in [2.45, 2.75) is 26.7 Å². The van der Waals surface area contributed by atoms with Crippen LogP contribution in [0.5, 0.6) is 5.75 Å². The van der Waals surface area contributed by atoms with Gasteiger partial charge in [0.2, 0.25) is 0 Å². The molecule has 0 aliphatic carbocycles. The van der Waals surface area contributed by atoms with E-state index in [0.717, 1.165) is 22.9 Å². The largest absolute Gasteiger partial charge is 0.482 e. The summed E-state index contributed by atoms with van der Waals surface area (Å²) in [5, 5.41) is 2.85. The van der Waals surface area contributed by atoms with Gasteiger partial charge < -0.3 is 15.8 Å². The Bertz CT molecular complexity index is 436. The van der Waals surface area contributed by atoms with Gasteiger partial charge in [0.1, 0.15) is 5.75 Å². The zero-order valence-corrected chi connectivity index (χ0v) is 13.7. The fraction of sp³-hybridized carbons (Fsp3) is 0.533. The number of rotatable bonds is 8. The molecule has 1 aromatic rings. The first-order chi connectivity index (χ1) is 9.54. The maximum Gasteiger partial charge on any atom is 0.257 e. The molecule has 4 nitrogen and oxygen atoms in total. The van der Waals surface area contributed by atoms with Crippen molar-refractivity contribution in [3.05, 3.63) is 28.2 Å². The lowest BCUT2D eigenvalue weighted by atomic mass is 10.1. The fourth-order valence-electron chi connectivity index (χ4n) is 1.76. The van der Waals surface area contributed by atoms with Crippen LogP contribution >= 0.6 is 15.9 Å². The van der Waals surface area contributed by atoms with Gasteiger partial charge in [-0.05, 0) is 52.9 Å². The number of ether oxygens (including phenoxy) is 1. The summed E-state index contributed by atoms with van der Waals surface area (Å²) in [5.74, 6) is 1.19. The second-order valence-electron chi connectivity index (χ2n) is 5.09. The van der Waals surface area contributed by atoms with Crippen molar-refractivity contribution in [1.82, 2.24) is 5.32 Å². The fourth-order valence-corrected chi connectivity index (χ4v) is 2.28. The number of halogens is 1. The number of hydrogen-bond donors (Lipinski definition) is 2. The molecule has 0 heterocycles. The molecule has 1 rings (SSSR count). The topological polar surface area (TPSA) is 64.3 Å². The van der Waals surface area contributed by atoms with Crippen molar-refractivity contribution in [3.8, 4) is 5.75 Å². The predicted molar refractivity (Wildman–Crippen MR) is 84.9 cm³/mol. The number of nitrogens with two attached hydrogens (primary N) is 1. The average Bonchev–Trinajstić information content (AvgIpc) is 2.38. The summed E-state index contributed by atoms with van der Waals surface area (Å²) in [4.78, 5) is 11.7. The van der Waals surface area contributed by atoms with Gasteiger partial charge in [-0.1, -0.05) is 26.0 Å². The Morgan fingerprint density at radius 3 is 2.85 bits per heavy atom. The Balaban J connectivity index is 2.50. The van der Waals surface area contributed by atoms with Crippen LogP contribution in [0.3, 0.4) is 0 Å². The van der Waals surface area contributed by atoms with E-state index < -0.39 is 0 Å². The Hall–Kier alpha value is -1.07. The number of carbonyl (C=O) groups is 1. The van der Waals surface area contributed by atoms with Crippen LogP contribution < -0.4 is 15.8 Å². The van der Waals surface area contributed by atoms with Crippen LogP contribution in [-0.4, -0.2) is 25.6 Å². The normalized spacial score (nSPS) is 10.7. The molecule has 0 saturated carbocycles. The second kappa shape index (κ2) is 8.97. The van der Waals surface area contributed by atoms with Crippen molar-refractivity contribution in [3.63, 3.8) is 0 Å². The molecular formula is C15H23BrN2O2. The summed E-state index contributed by atoms with van der Waals surface area (Å²) < 4.78 is 6.47. The van der Waals surface area contributed by atoms with Crippen LogP contribution in [0.1, 0.15) is 25.8 Å². The molecular weight excluding hydrogens is 320 g/mol. The molecule has 0 atom stereocenters. The van der Waals surface area contributed by atoms with Crippen molar-refractivity contribution in [2.75, 3.05) is 19.7 Å². The number of para-hydroxylation sites is 1. The van der Waals surface area contributed by atoms with Gasteiger partial charge in [-0.3, -0.25) is 4.79 Å². The lowest BCUT2D eigenvalue weighted by Crippen LogP contribution is -2.30. The van der Waals surface area contributed by atoms with Crippen LogP contribution in [-0.2, 0) is 11.2 Å². The molecule has 0 fully saturated rings. The summed E-state index contributed by atoms with van der Waals surface area (Å²) in [6, 6.07) is 5.79. The molecule has 1 aromatic carbocycles. The molecule has 0 saturated heterocycles. The smallest absolute Gasteiger partial charge is 0.257 e. The van der Waals surface area contributed by atoms with Gasteiger partial charge in [-0.2, -0.15) is 0 Å². The number of amides is 1. The third-order valence-corrected chi connectivity index (χ3v) is 3.48. The molecule has 0 aliphatic rings. The monoisotopic (exact) mass is 342 g/mol. The van der Waals surface area contributed by atoms with E-state index in [0.29, 0.717) is 24.8 Å². The van der Waals surface area contributed by atoms with Crippen LogP contribution in [0.2, 0.25) is 0 Å². The zero-order valence-electron chi connectivity index (χ0n) is 12.1. The van der Waals surface area contributed by atoms with E-state index in [9.17, 15) is 4.79 Å². The lowest BCUT2D eigenvalue weighted by molar-refractivity contribution is -0.123. The van der Waals surface area contributed by atoms with Gasteiger partial charge in [0.25, 0.3) is 5.91 Å². The molecule has 112 valence electrons. The van der Waals surface area contributed by atoms with Crippen LogP contribution in [0.15, 0.2) is 22.7 Å². The molecule has 3 N–H and O–H groups in total. The van der Waals surface area contributed by atoms with E-state index in [1.165, 1.54) is 0 Å². The van der Waals surface area contributed by atoms with Crippen molar-refractivity contribution < 1.29 is 9.53 Å². The molecule has 0 bridgehead atoms. The summed E-state index contributed by atoms with van der Waals surface area (Å²) >= 11 is 3.44. The summed E-state index contributed by atoms with van der Waals surface area (Å²) in [7, 11) is 0. The quantitative estimate of drug-likeness (QED) is 0.762. The van der Waals surface area contributed by atoms with E-state index in [-0.39, 0.29) is 12.5 Å². The van der Waals surface area contributed by atoms with Crippen molar-refractivity contribution >= 4 is 21.8 Å². The van der Waals surface area contributed by atoms with Crippen molar-refractivity contribution in [2.24, 2.45) is 11.7 Å². The number of benzene rings is 1. The Kier molecular flexibility index (Phi) is 7.62. The average molecular weight is 343 g/mol. The third-order valence-electron chi connectivity index (χ3n) is 2.85. The Morgan fingerprint density at radius 2 is 2.20 bits per heavy atom. The summed E-state index contributed by atoms with van der Waals surface area (Å²) in [5.41, 5.74) is 6.59.